The number of para-hydroxylation sites is 2. The van der Waals surface area contributed by atoms with Gasteiger partial charge in [0, 0.05) is 18.8 Å². The zero-order valence-corrected chi connectivity index (χ0v) is 11.4. The molecule has 1 atom stereocenters. The van der Waals surface area contributed by atoms with E-state index in [0.717, 1.165) is 22.8 Å². The fourth-order valence-electron chi connectivity index (χ4n) is 2.04. The molecule has 1 heterocycles. The van der Waals surface area contributed by atoms with E-state index in [-0.39, 0.29) is 0 Å². The standard InChI is InChI=1S/C15H18N2O2/c1-11(18)12-7-6-10-16-15(12)17(2)13-8-4-5-9-14(13)19-3/h4-11,18H,1-3H3/t11-/m0/s1. The average Bonchev–Trinajstić information content (AvgIpc) is 2.46. The van der Waals surface area contributed by atoms with Crippen molar-refractivity contribution in [3.63, 3.8) is 0 Å². The molecule has 0 bridgehead atoms. The minimum absolute atomic E-state index is 0.569. The highest BCUT2D eigenvalue weighted by Crippen LogP contribution is 2.34. The van der Waals surface area contributed by atoms with E-state index in [0.29, 0.717) is 0 Å². The number of rotatable bonds is 4. The molecule has 0 fully saturated rings. The van der Waals surface area contributed by atoms with Crippen LogP contribution in [0.3, 0.4) is 0 Å². The molecule has 0 spiro atoms. The van der Waals surface area contributed by atoms with Gasteiger partial charge < -0.3 is 14.7 Å². The number of aromatic nitrogens is 1. The number of nitrogens with zero attached hydrogens (tertiary/aromatic N) is 2. The predicted molar refractivity (Wildman–Crippen MR) is 75.9 cm³/mol. The van der Waals surface area contributed by atoms with E-state index < -0.39 is 6.10 Å². The Kier molecular flexibility index (Phi) is 4.02. The Morgan fingerprint density at radius 2 is 1.95 bits per heavy atom. The summed E-state index contributed by atoms with van der Waals surface area (Å²) in [6, 6.07) is 11.4. The molecule has 0 unspecified atom stereocenters. The number of benzene rings is 1. The first kappa shape index (κ1) is 13.4. The lowest BCUT2D eigenvalue weighted by atomic mass is 10.1. The van der Waals surface area contributed by atoms with Gasteiger partial charge in [-0.05, 0) is 25.1 Å². The van der Waals surface area contributed by atoms with Crippen molar-refractivity contribution in [1.29, 1.82) is 0 Å². The highest BCUT2D eigenvalue weighted by molar-refractivity contribution is 5.68. The lowest BCUT2D eigenvalue weighted by Crippen LogP contribution is -2.15. The third-order valence-electron chi connectivity index (χ3n) is 3.03. The van der Waals surface area contributed by atoms with Crippen LogP contribution in [0, 0.1) is 0 Å². The van der Waals surface area contributed by atoms with Crippen molar-refractivity contribution in [3.05, 3.63) is 48.2 Å². The van der Waals surface area contributed by atoms with Crippen LogP contribution in [0.4, 0.5) is 11.5 Å². The quantitative estimate of drug-likeness (QED) is 0.916. The second kappa shape index (κ2) is 5.71. The Hall–Kier alpha value is -2.07. The third kappa shape index (κ3) is 2.69. The van der Waals surface area contributed by atoms with Crippen molar-refractivity contribution in [1.82, 2.24) is 4.98 Å². The Balaban J connectivity index is 2.47. The van der Waals surface area contributed by atoms with Crippen LogP contribution in [0.25, 0.3) is 0 Å². The van der Waals surface area contributed by atoms with Crippen molar-refractivity contribution < 1.29 is 9.84 Å². The van der Waals surface area contributed by atoms with Gasteiger partial charge >= 0.3 is 0 Å². The van der Waals surface area contributed by atoms with Crippen molar-refractivity contribution in [2.24, 2.45) is 0 Å². The van der Waals surface area contributed by atoms with Gasteiger partial charge in [-0.25, -0.2) is 4.98 Å². The van der Waals surface area contributed by atoms with Crippen LogP contribution in [0.2, 0.25) is 0 Å². The molecule has 0 aliphatic heterocycles. The van der Waals surface area contributed by atoms with E-state index in [2.05, 4.69) is 4.98 Å². The second-order valence-electron chi connectivity index (χ2n) is 4.32. The molecule has 0 saturated carbocycles. The zero-order valence-electron chi connectivity index (χ0n) is 11.4. The van der Waals surface area contributed by atoms with Crippen LogP contribution in [-0.2, 0) is 0 Å². The van der Waals surface area contributed by atoms with Crippen molar-refractivity contribution >= 4 is 11.5 Å². The fraction of sp³-hybridized carbons (Fsp3) is 0.267. The average molecular weight is 258 g/mol. The molecule has 2 rings (SSSR count). The summed E-state index contributed by atoms with van der Waals surface area (Å²) in [7, 11) is 3.55. The predicted octanol–water partition coefficient (Wildman–Crippen LogP) is 2.91. The molecule has 0 amide bonds. The molecule has 4 nitrogen and oxygen atoms in total. The zero-order chi connectivity index (χ0) is 13.8. The molecule has 0 radical (unpaired) electrons. The number of aliphatic hydroxyl groups excluding tert-OH is 1. The van der Waals surface area contributed by atoms with E-state index in [1.165, 1.54) is 0 Å². The molecule has 19 heavy (non-hydrogen) atoms. The second-order valence-corrected chi connectivity index (χ2v) is 4.32. The lowest BCUT2D eigenvalue weighted by molar-refractivity contribution is 0.199. The molecule has 0 aliphatic rings. The Morgan fingerprint density at radius 1 is 1.21 bits per heavy atom. The van der Waals surface area contributed by atoms with Gasteiger partial charge in [0.05, 0.1) is 18.9 Å². The molecule has 0 aliphatic carbocycles. The van der Waals surface area contributed by atoms with Gasteiger partial charge in [0.15, 0.2) is 0 Å². The third-order valence-corrected chi connectivity index (χ3v) is 3.03. The van der Waals surface area contributed by atoms with Crippen LogP contribution in [0.15, 0.2) is 42.6 Å². The number of anilines is 2. The number of hydrogen-bond donors (Lipinski definition) is 1. The summed E-state index contributed by atoms with van der Waals surface area (Å²) in [5.41, 5.74) is 1.70. The van der Waals surface area contributed by atoms with Gasteiger partial charge in [0.25, 0.3) is 0 Å². The van der Waals surface area contributed by atoms with E-state index in [1.54, 1.807) is 20.2 Å². The summed E-state index contributed by atoms with van der Waals surface area (Å²) in [5.74, 6) is 1.49. The van der Waals surface area contributed by atoms with Gasteiger partial charge in [0.2, 0.25) is 0 Å². The molecule has 1 aromatic heterocycles. The summed E-state index contributed by atoms with van der Waals surface area (Å²) in [5, 5.41) is 9.83. The first-order valence-corrected chi connectivity index (χ1v) is 6.15. The van der Waals surface area contributed by atoms with Crippen LogP contribution in [-0.4, -0.2) is 24.2 Å². The first-order chi connectivity index (χ1) is 9.15. The molecule has 1 N–H and O–H groups in total. The number of pyridine rings is 1. The summed E-state index contributed by atoms with van der Waals surface area (Å²) in [6.45, 7) is 1.73. The molecular weight excluding hydrogens is 240 g/mol. The van der Waals surface area contributed by atoms with Crippen LogP contribution in [0.5, 0.6) is 5.75 Å². The Labute approximate surface area is 113 Å². The van der Waals surface area contributed by atoms with Crippen LogP contribution < -0.4 is 9.64 Å². The monoisotopic (exact) mass is 258 g/mol. The van der Waals surface area contributed by atoms with E-state index in [1.807, 2.05) is 48.3 Å². The van der Waals surface area contributed by atoms with E-state index in [4.69, 9.17) is 4.74 Å². The maximum Gasteiger partial charge on any atom is 0.142 e. The van der Waals surface area contributed by atoms with Crippen LogP contribution >= 0.6 is 0 Å². The van der Waals surface area contributed by atoms with Crippen LogP contribution in [0.1, 0.15) is 18.6 Å². The highest BCUT2D eigenvalue weighted by Gasteiger charge is 2.16. The maximum absolute atomic E-state index is 9.83. The number of hydrogen-bond acceptors (Lipinski definition) is 4. The highest BCUT2D eigenvalue weighted by atomic mass is 16.5. The Morgan fingerprint density at radius 3 is 2.63 bits per heavy atom. The topological polar surface area (TPSA) is 45.6 Å². The number of ether oxygens (including phenoxy) is 1. The molecule has 4 heteroatoms. The summed E-state index contributed by atoms with van der Waals surface area (Å²) in [4.78, 5) is 6.28. The van der Waals surface area contributed by atoms with E-state index in [9.17, 15) is 5.11 Å². The normalized spacial score (nSPS) is 12.0. The summed E-state index contributed by atoms with van der Waals surface area (Å²) in [6.07, 6.45) is 1.15. The molecule has 2 aromatic rings. The number of methoxy groups -OCH3 is 1. The summed E-state index contributed by atoms with van der Waals surface area (Å²) < 4.78 is 5.36. The van der Waals surface area contributed by atoms with Crippen molar-refractivity contribution in [2.75, 3.05) is 19.1 Å². The minimum atomic E-state index is -0.569. The van der Waals surface area contributed by atoms with Gasteiger partial charge in [-0.2, -0.15) is 0 Å². The van der Waals surface area contributed by atoms with Gasteiger partial charge in [-0.15, -0.1) is 0 Å². The molecule has 100 valence electrons. The number of aliphatic hydroxyl groups is 1. The fourth-order valence-corrected chi connectivity index (χ4v) is 2.04. The molecule has 0 saturated heterocycles. The molecular formula is C15H18N2O2. The Bertz CT molecular complexity index is 555. The van der Waals surface area contributed by atoms with Crippen molar-refractivity contribution in [2.45, 2.75) is 13.0 Å². The maximum atomic E-state index is 9.83. The first-order valence-electron chi connectivity index (χ1n) is 6.15. The SMILES string of the molecule is COc1ccccc1N(C)c1ncccc1[C@H](C)O. The van der Waals surface area contributed by atoms with E-state index >= 15 is 0 Å². The smallest absolute Gasteiger partial charge is 0.142 e. The molecule has 1 aromatic carbocycles. The summed E-state index contributed by atoms with van der Waals surface area (Å²) >= 11 is 0. The lowest BCUT2D eigenvalue weighted by Gasteiger charge is -2.23. The van der Waals surface area contributed by atoms with Gasteiger partial charge in [-0.3, -0.25) is 0 Å². The van der Waals surface area contributed by atoms with Gasteiger partial charge in [-0.1, -0.05) is 18.2 Å². The minimum Gasteiger partial charge on any atom is -0.495 e. The van der Waals surface area contributed by atoms with Crippen molar-refractivity contribution in [3.8, 4) is 5.75 Å². The largest absolute Gasteiger partial charge is 0.495 e. The van der Waals surface area contributed by atoms with Gasteiger partial charge in [0.1, 0.15) is 11.6 Å².